The minimum Gasteiger partial charge on any atom is -0.328 e. The molecule has 1 saturated carbocycles. The van der Waals surface area contributed by atoms with Crippen LogP contribution in [0.2, 0.25) is 0 Å². The molecular formula is C13H17N5OS. The van der Waals surface area contributed by atoms with Crippen LogP contribution in [-0.2, 0) is 7.05 Å². The fourth-order valence-electron chi connectivity index (χ4n) is 2.12. The number of nitrogens with one attached hydrogen (secondary N) is 2. The molecule has 0 saturated heterocycles. The molecule has 2 amide bonds. The predicted molar refractivity (Wildman–Crippen MR) is 77.7 cm³/mol. The summed E-state index contributed by atoms with van der Waals surface area (Å²) in [5.41, 5.74) is 1.69. The van der Waals surface area contributed by atoms with Crippen molar-refractivity contribution in [1.29, 1.82) is 0 Å². The number of anilines is 1. The number of thiazole rings is 1. The lowest BCUT2D eigenvalue weighted by Crippen LogP contribution is -2.33. The number of aryl methyl sites for hydroxylation is 2. The smallest absolute Gasteiger partial charge is 0.319 e. The third-order valence-electron chi connectivity index (χ3n) is 3.25. The van der Waals surface area contributed by atoms with Crippen molar-refractivity contribution in [3.63, 3.8) is 0 Å². The van der Waals surface area contributed by atoms with Crippen molar-refractivity contribution in [3.8, 4) is 0 Å². The van der Waals surface area contributed by atoms with E-state index in [1.807, 2.05) is 19.4 Å². The molecule has 7 heteroatoms. The molecule has 2 N–H and O–H groups in total. The highest BCUT2D eigenvalue weighted by molar-refractivity contribution is 7.09. The van der Waals surface area contributed by atoms with Crippen LogP contribution in [-0.4, -0.2) is 20.8 Å². The molecule has 0 spiro atoms. The number of nitrogens with zero attached hydrogens (tertiary/aromatic N) is 3. The second kappa shape index (κ2) is 5.24. The van der Waals surface area contributed by atoms with Gasteiger partial charge in [0, 0.05) is 24.3 Å². The Morgan fingerprint density at radius 2 is 2.35 bits per heavy atom. The highest BCUT2D eigenvalue weighted by atomic mass is 32.1. The van der Waals surface area contributed by atoms with Crippen LogP contribution in [0.15, 0.2) is 17.8 Å². The van der Waals surface area contributed by atoms with E-state index in [9.17, 15) is 4.79 Å². The van der Waals surface area contributed by atoms with Crippen LogP contribution in [0.4, 0.5) is 10.5 Å². The quantitative estimate of drug-likeness (QED) is 0.909. The predicted octanol–water partition coefficient (Wildman–Crippen LogP) is 2.46. The number of carbonyl (C=O) groups excluding carboxylic acids is 1. The SMILES string of the molecule is Cc1csc(C(NC(=O)Nc2cnn(C)c2)C2CC2)n1. The van der Waals surface area contributed by atoms with Crippen molar-refractivity contribution in [2.45, 2.75) is 25.8 Å². The molecule has 0 aromatic carbocycles. The lowest BCUT2D eigenvalue weighted by molar-refractivity contribution is 0.247. The summed E-state index contributed by atoms with van der Waals surface area (Å²) in [6.45, 7) is 1.97. The van der Waals surface area contributed by atoms with E-state index in [0.717, 1.165) is 23.5 Å². The number of carbonyl (C=O) groups is 1. The minimum absolute atomic E-state index is 0.0189. The number of hydrogen-bond acceptors (Lipinski definition) is 4. The first-order valence-corrected chi connectivity index (χ1v) is 7.48. The summed E-state index contributed by atoms with van der Waals surface area (Å²) in [5.74, 6) is 0.514. The number of urea groups is 1. The van der Waals surface area contributed by atoms with E-state index in [1.54, 1.807) is 28.4 Å². The third-order valence-corrected chi connectivity index (χ3v) is 4.29. The molecule has 3 rings (SSSR count). The molecule has 2 aromatic rings. The Labute approximate surface area is 121 Å². The standard InChI is InChI=1S/C13H17N5OS/c1-8-7-20-12(15-8)11(9-3-4-9)17-13(19)16-10-5-14-18(2)6-10/h5-7,9,11H,3-4H2,1-2H3,(H2,16,17,19). The maximum atomic E-state index is 12.1. The first-order chi connectivity index (χ1) is 9.61. The lowest BCUT2D eigenvalue weighted by atomic mass is 10.2. The van der Waals surface area contributed by atoms with Crippen LogP contribution in [0.5, 0.6) is 0 Å². The summed E-state index contributed by atoms with van der Waals surface area (Å²) >= 11 is 1.61. The Kier molecular flexibility index (Phi) is 3.43. The van der Waals surface area contributed by atoms with Gasteiger partial charge in [-0.3, -0.25) is 4.68 Å². The maximum absolute atomic E-state index is 12.1. The molecule has 1 atom stereocenters. The van der Waals surface area contributed by atoms with Crippen molar-refractivity contribution in [2.75, 3.05) is 5.32 Å². The molecule has 1 unspecified atom stereocenters. The molecular weight excluding hydrogens is 274 g/mol. The van der Waals surface area contributed by atoms with Gasteiger partial charge in [-0.2, -0.15) is 5.10 Å². The molecule has 106 valence electrons. The van der Waals surface area contributed by atoms with Gasteiger partial charge in [-0.1, -0.05) is 0 Å². The van der Waals surface area contributed by atoms with Crippen LogP contribution < -0.4 is 10.6 Å². The van der Waals surface area contributed by atoms with Gasteiger partial charge in [-0.15, -0.1) is 11.3 Å². The van der Waals surface area contributed by atoms with Gasteiger partial charge in [0.15, 0.2) is 0 Å². The second-order valence-electron chi connectivity index (χ2n) is 5.14. The summed E-state index contributed by atoms with van der Waals surface area (Å²) in [4.78, 5) is 16.6. The van der Waals surface area contributed by atoms with E-state index >= 15 is 0 Å². The summed E-state index contributed by atoms with van der Waals surface area (Å²) in [6.07, 6.45) is 5.69. The number of aromatic nitrogens is 3. The van der Waals surface area contributed by atoms with Gasteiger partial charge in [0.2, 0.25) is 0 Å². The number of rotatable bonds is 4. The third kappa shape index (κ3) is 2.98. The summed E-state index contributed by atoms with van der Waals surface area (Å²) in [6, 6.07) is -0.187. The van der Waals surface area contributed by atoms with Crippen molar-refractivity contribution in [1.82, 2.24) is 20.1 Å². The Hall–Kier alpha value is -1.89. The zero-order chi connectivity index (χ0) is 14.1. The molecule has 0 radical (unpaired) electrons. The Bertz CT molecular complexity index is 616. The van der Waals surface area contributed by atoms with Crippen LogP contribution >= 0.6 is 11.3 Å². The Morgan fingerprint density at radius 3 is 2.90 bits per heavy atom. The first kappa shape index (κ1) is 13.1. The largest absolute Gasteiger partial charge is 0.328 e. The molecule has 2 aromatic heterocycles. The van der Waals surface area contributed by atoms with Crippen molar-refractivity contribution < 1.29 is 4.79 Å². The summed E-state index contributed by atoms with van der Waals surface area (Å²) in [5, 5.41) is 12.9. The minimum atomic E-state index is -0.206. The normalized spacial score (nSPS) is 15.9. The van der Waals surface area contributed by atoms with Gasteiger partial charge in [0.05, 0.1) is 17.9 Å². The lowest BCUT2D eigenvalue weighted by Gasteiger charge is -2.15. The van der Waals surface area contributed by atoms with Crippen molar-refractivity contribution in [2.24, 2.45) is 13.0 Å². The maximum Gasteiger partial charge on any atom is 0.319 e. The molecule has 20 heavy (non-hydrogen) atoms. The fourth-order valence-corrected chi connectivity index (χ4v) is 3.06. The topological polar surface area (TPSA) is 71.8 Å². The number of amides is 2. The van der Waals surface area contributed by atoms with Gasteiger partial charge < -0.3 is 10.6 Å². The summed E-state index contributed by atoms with van der Waals surface area (Å²) in [7, 11) is 1.81. The van der Waals surface area contributed by atoms with Crippen molar-refractivity contribution in [3.05, 3.63) is 28.5 Å². The van der Waals surface area contributed by atoms with Gasteiger partial charge >= 0.3 is 6.03 Å². The van der Waals surface area contributed by atoms with E-state index in [-0.39, 0.29) is 12.1 Å². The van der Waals surface area contributed by atoms with Gasteiger partial charge in [0.25, 0.3) is 0 Å². The average Bonchev–Trinajstić information content (AvgIpc) is 3.03. The molecule has 0 aliphatic heterocycles. The zero-order valence-corrected chi connectivity index (χ0v) is 12.3. The van der Waals surface area contributed by atoms with Crippen LogP contribution in [0.25, 0.3) is 0 Å². The Morgan fingerprint density at radius 1 is 1.55 bits per heavy atom. The molecule has 0 bridgehead atoms. The first-order valence-electron chi connectivity index (χ1n) is 6.60. The van der Waals surface area contributed by atoms with E-state index in [4.69, 9.17) is 0 Å². The Balaban J connectivity index is 1.66. The monoisotopic (exact) mass is 291 g/mol. The van der Waals surface area contributed by atoms with Crippen LogP contribution in [0.1, 0.15) is 29.6 Å². The van der Waals surface area contributed by atoms with Gasteiger partial charge in [-0.25, -0.2) is 9.78 Å². The van der Waals surface area contributed by atoms with E-state index in [1.165, 1.54) is 0 Å². The van der Waals surface area contributed by atoms with Crippen LogP contribution in [0.3, 0.4) is 0 Å². The highest BCUT2D eigenvalue weighted by Gasteiger charge is 2.35. The average molecular weight is 291 g/mol. The fraction of sp³-hybridized carbons (Fsp3) is 0.462. The van der Waals surface area contributed by atoms with E-state index < -0.39 is 0 Å². The molecule has 1 aliphatic rings. The zero-order valence-electron chi connectivity index (χ0n) is 11.5. The van der Waals surface area contributed by atoms with Crippen LogP contribution in [0, 0.1) is 12.8 Å². The molecule has 1 aliphatic carbocycles. The van der Waals surface area contributed by atoms with E-state index in [0.29, 0.717) is 11.6 Å². The van der Waals surface area contributed by atoms with Gasteiger partial charge in [-0.05, 0) is 25.7 Å². The van der Waals surface area contributed by atoms with Gasteiger partial charge in [0.1, 0.15) is 5.01 Å². The number of hydrogen-bond donors (Lipinski definition) is 2. The molecule has 6 nitrogen and oxygen atoms in total. The highest BCUT2D eigenvalue weighted by Crippen LogP contribution is 2.41. The van der Waals surface area contributed by atoms with E-state index in [2.05, 4.69) is 20.7 Å². The van der Waals surface area contributed by atoms with Crippen molar-refractivity contribution >= 4 is 23.1 Å². The second-order valence-corrected chi connectivity index (χ2v) is 6.03. The molecule has 2 heterocycles. The molecule has 1 fully saturated rings. The summed E-state index contributed by atoms with van der Waals surface area (Å²) < 4.78 is 1.65.